The molecule has 0 saturated heterocycles. The molecule has 0 bridgehead atoms. The lowest BCUT2D eigenvalue weighted by molar-refractivity contribution is -0.117. The molecule has 0 spiro atoms. The molecule has 3 rings (SSSR count). The fraction of sp³-hybridized carbons (Fsp3) is 0.130. The van der Waals surface area contributed by atoms with Crippen molar-refractivity contribution in [1.82, 2.24) is 5.32 Å². The summed E-state index contributed by atoms with van der Waals surface area (Å²) in [5.41, 5.74) is 1.74. The molecule has 5 heteroatoms. The summed E-state index contributed by atoms with van der Waals surface area (Å²) in [4.78, 5) is 12.4. The van der Waals surface area contributed by atoms with E-state index in [0.29, 0.717) is 0 Å². The fourth-order valence-corrected chi connectivity index (χ4v) is 2.83. The molecule has 3 aromatic rings. The Morgan fingerprint density at radius 3 is 2.46 bits per heavy atom. The number of amides is 1. The van der Waals surface area contributed by atoms with E-state index in [0.717, 1.165) is 27.8 Å². The maximum atomic E-state index is 12.4. The highest BCUT2D eigenvalue weighted by atomic mass is 16.5. The maximum Gasteiger partial charge on any atom is 0.263 e. The number of ether oxygens (including phenoxy) is 1. The lowest BCUT2D eigenvalue weighted by Gasteiger charge is -2.14. The van der Waals surface area contributed by atoms with Gasteiger partial charge in [0, 0.05) is 11.9 Å². The number of fused-ring (bicyclic) bond motifs is 1. The molecule has 2 N–H and O–H groups in total. The van der Waals surface area contributed by atoms with E-state index in [9.17, 15) is 10.1 Å². The topological polar surface area (TPSA) is 74.1 Å². The van der Waals surface area contributed by atoms with Gasteiger partial charge in [-0.2, -0.15) is 5.26 Å². The molecular weight excluding hydrogens is 350 g/mol. The summed E-state index contributed by atoms with van der Waals surface area (Å²) in [6.45, 7) is 1.87. The summed E-state index contributed by atoms with van der Waals surface area (Å²) in [5.74, 6) is 0.318. The van der Waals surface area contributed by atoms with Crippen molar-refractivity contribution in [2.45, 2.75) is 13.0 Å². The molecule has 0 saturated carbocycles. The largest absolute Gasteiger partial charge is 0.497 e. The molecule has 0 aliphatic heterocycles. The van der Waals surface area contributed by atoms with E-state index >= 15 is 0 Å². The zero-order valence-electron chi connectivity index (χ0n) is 15.8. The van der Waals surface area contributed by atoms with E-state index in [2.05, 4.69) is 10.6 Å². The molecular formula is C23H21N3O2. The molecule has 1 unspecified atom stereocenters. The second-order valence-corrected chi connectivity index (χ2v) is 6.34. The van der Waals surface area contributed by atoms with Gasteiger partial charge in [-0.15, -0.1) is 0 Å². The summed E-state index contributed by atoms with van der Waals surface area (Å²) in [6, 6.07) is 23.0. The van der Waals surface area contributed by atoms with Crippen molar-refractivity contribution < 1.29 is 9.53 Å². The van der Waals surface area contributed by atoms with Crippen molar-refractivity contribution in [3.63, 3.8) is 0 Å². The zero-order valence-corrected chi connectivity index (χ0v) is 15.8. The highest BCUT2D eigenvalue weighted by molar-refractivity contribution is 5.98. The van der Waals surface area contributed by atoms with E-state index in [1.807, 2.05) is 79.7 Å². The van der Waals surface area contributed by atoms with Crippen molar-refractivity contribution >= 4 is 22.4 Å². The Labute approximate surface area is 164 Å². The van der Waals surface area contributed by atoms with Crippen molar-refractivity contribution in [2.24, 2.45) is 0 Å². The Balaban J connectivity index is 1.68. The second kappa shape index (κ2) is 8.74. The van der Waals surface area contributed by atoms with Crippen LogP contribution in [-0.2, 0) is 4.79 Å². The van der Waals surface area contributed by atoms with Gasteiger partial charge in [0.15, 0.2) is 0 Å². The summed E-state index contributed by atoms with van der Waals surface area (Å²) in [5, 5.41) is 17.4. The van der Waals surface area contributed by atoms with Gasteiger partial charge in [-0.3, -0.25) is 4.79 Å². The number of nitrogens with one attached hydrogen (secondary N) is 2. The molecule has 3 aromatic carbocycles. The van der Waals surface area contributed by atoms with Gasteiger partial charge in [-0.25, -0.2) is 0 Å². The average Bonchev–Trinajstić information content (AvgIpc) is 2.74. The number of methoxy groups -OCH3 is 1. The van der Waals surface area contributed by atoms with Gasteiger partial charge in [-0.05, 0) is 47.5 Å². The SMILES string of the molecule is COc1ccc(C(C)NC(=O)/C(C#N)=C\Nc2ccc3ccccc3c2)cc1. The number of rotatable bonds is 6. The monoisotopic (exact) mass is 371 g/mol. The first-order valence-electron chi connectivity index (χ1n) is 8.91. The van der Waals surface area contributed by atoms with E-state index in [1.54, 1.807) is 7.11 Å². The number of nitrogens with zero attached hydrogens (tertiary/aromatic N) is 1. The molecule has 0 aliphatic rings. The van der Waals surface area contributed by atoms with Gasteiger partial charge in [0.2, 0.25) is 0 Å². The number of hydrogen-bond donors (Lipinski definition) is 2. The maximum absolute atomic E-state index is 12.4. The number of carbonyl (C=O) groups is 1. The van der Waals surface area contributed by atoms with E-state index < -0.39 is 5.91 Å². The zero-order chi connectivity index (χ0) is 19.9. The quantitative estimate of drug-likeness (QED) is 0.493. The predicted molar refractivity (Wildman–Crippen MR) is 111 cm³/mol. The fourth-order valence-electron chi connectivity index (χ4n) is 2.83. The molecule has 0 heterocycles. The number of anilines is 1. The first kappa shape index (κ1) is 19.0. The number of hydrogen-bond acceptors (Lipinski definition) is 4. The standard InChI is InChI=1S/C23H21N3O2/c1-16(17-8-11-22(28-2)12-9-17)26-23(27)20(14-24)15-25-21-10-7-18-5-3-4-6-19(18)13-21/h3-13,15-16,25H,1-2H3,(H,26,27)/b20-15-. The van der Waals surface area contributed by atoms with E-state index in [-0.39, 0.29) is 11.6 Å². The van der Waals surface area contributed by atoms with Gasteiger partial charge in [0.1, 0.15) is 17.4 Å². The average molecular weight is 371 g/mol. The third-order valence-electron chi connectivity index (χ3n) is 4.46. The van der Waals surface area contributed by atoms with Crippen molar-refractivity contribution in [2.75, 3.05) is 12.4 Å². The first-order valence-corrected chi connectivity index (χ1v) is 8.91. The molecule has 140 valence electrons. The normalized spacial score (nSPS) is 12.1. The Kier molecular flexibility index (Phi) is 5.93. The van der Waals surface area contributed by atoms with Gasteiger partial charge in [-0.1, -0.05) is 42.5 Å². The molecule has 0 fully saturated rings. The lowest BCUT2D eigenvalue weighted by atomic mass is 10.1. The van der Waals surface area contributed by atoms with Crippen LogP contribution in [0.25, 0.3) is 10.8 Å². The molecule has 5 nitrogen and oxygen atoms in total. The van der Waals surface area contributed by atoms with Crippen molar-refractivity contribution in [3.8, 4) is 11.8 Å². The lowest BCUT2D eigenvalue weighted by Crippen LogP contribution is -2.28. The molecule has 1 amide bonds. The van der Waals surface area contributed by atoms with Gasteiger partial charge >= 0.3 is 0 Å². The minimum Gasteiger partial charge on any atom is -0.497 e. The van der Waals surface area contributed by atoms with Crippen LogP contribution < -0.4 is 15.4 Å². The highest BCUT2D eigenvalue weighted by Crippen LogP contribution is 2.20. The minimum atomic E-state index is -0.431. The molecule has 0 aliphatic carbocycles. The molecule has 0 radical (unpaired) electrons. The Bertz CT molecular complexity index is 1050. The van der Waals surface area contributed by atoms with Crippen LogP contribution in [0.2, 0.25) is 0 Å². The van der Waals surface area contributed by atoms with Gasteiger partial charge < -0.3 is 15.4 Å². The van der Waals surface area contributed by atoms with Crippen molar-refractivity contribution in [3.05, 3.63) is 84.1 Å². The third-order valence-corrected chi connectivity index (χ3v) is 4.46. The Morgan fingerprint density at radius 1 is 1.07 bits per heavy atom. The second-order valence-electron chi connectivity index (χ2n) is 6.34. The van der Waals surface area contributed by atoms with Crippen LogP contribution in [0.15, 0.2) is 78.5 Å². The Hall–Kier alpha value is -3.78. The highest BCUT2D eigenvalue weighted by Gasteiger charge is 2.14. The smallest absolute Gasteiger partial charge is 0.263 e. The number of benzene rings is 3. The predicted octanol–water partition coefficient (Wildman–Crippen LogP) is 4.55. The van der Waals surface area contributed by atoms with Crippen LogP contribution in [0, 0.1) is 11.3 Å². The van der Waals surface area contributed by atoms with E-state index in [4.69, 9.17) is 4.74 Å². The Morgan fingerprint density at radius 2 is 1.79 bits per heavy atom. The van der Waals surface area contributed by atoms with Crippen LogP contribution in [0.3, 0.4) is 0 Å². The van der Waals surface area contributed by atoms with Crippen LogP contribution in [-0.4, -0.2) is 13.0 Å². The molecule has 0 aromatic heterocycles. The summed E-state index contributed by atoms with van der Waals surface area (Å²) in [6.07, 6.45) is 1.43. The van der Waals surface area contributed by atoms with Crippen LogP contribution >= 0.6 is 0 Å². The van der Waals surface area contributed by atoms with Gasteiger partial charge in [0.25, 0.3) is 5.91 Å². The first-order chi connectivity index (χ1) is 13.6. The summed E-state index contributed by atoms with van der Waals surface area (Å²) in [7, 11) is 1.60. The minimum absolute atomic E-state index is 0.00789. The summed E-state index contributed by atoms with van der Waals surface area (Å²) < 4.78 is 5.14. The number of carbonyl (C=O) groups excluding carboxylic acids is 1. The van der Waals surface area contributed by atoms with Gasteiger partial charge in [0.05, 0.1) is 13.2 Å². The van der Waals surface area contributed by atoms with Crippen LogP contribution in [0.1, 0.15) is 18.5 Å². The van der Waals surface area contributed by atoms with E-state index in [1.165, 1.54) is 6.20 Å². The van der Waals surface area contributed by atoms with Crippen LogP contribution in [0.4, 0.5) is 5.69 Å². The molecule has 1 atom stereocenters. The third kappa shape index (κ3) is 4.49. The van der Waals surface area contributed by atoms with Crippen LogP contribution in [0.5, 0.6) is 5.75 Å². The number of nitriles is 1. The molecule has 28 heavy (non-hydrogen) atoms. The van der Waals surface area contributed by atoms with Crippen molar-refractivity contribution in [1.29, 1.82) is 5.26 Å². The summed E-state index contributed by atoms with van der Waals surface area (Å²) >= 11 is 0.